The van der Waals surface area contributed by atoms with Crippen molar-refractivity contribution in [2.24, 2.45) is 0 Å². The van der Waals surface area contributed by atoms with Gasteiger partial charge in [-0.05, 0) is 19.8 Å². The standard InChI is InChI=1S/C13H12FNS/c1-9-11(10-5-3-2-4-6-10)15-12(16-9)13(14)7-8-13/h2-6H,7-8H2,1H3. The molecule has 3 heteroatoms. The van der Waals surface area contributed by atoms with Crippen LogP contribution in [-0.4, -0.2) is 4.98 Å². The first-order valence-electron chi connectivity index (χ1n) is 5.41. The Balaban J connectivity index is 2.06. The zero-order valence-corrected chi connectivity index (χ0v) is 9.85. The second kappa shape index (κ2) is 3.39. The summed E-state index contributed by atoms with van der Waals surface area (Å²) in [6.07, 6.45) is 1.27. The number of halogens is 1. The molecule has 2 aromatic rings. The summed E-state index contributed by atoms with van der Waals surface area (Å²) in [5, 5.41) is 0.656. The van der Waals surface area contributed by atoms with Gasteiger partial charge in [-0.25, -0.2) is 9.37 Å². The van der Waals surface area contributed by atoms with Crippen molar-refractivity contribution in [3.8, 4) is 11.3 Å². The van der Waals surface area contributed by atoms with E-state index in [1.165, 1.54) is 11.3 Å². The Morgan fingerprint density at radius 2 is 1.94 bits per heavy atom. The maximum atomic E-state index is 13.9. The average Bonchev–Trinajstić information content (AvgIpc) is 2.92. The number of aromatic nitrogens is 1. The zero-order valence-electron chi connectivity index (χ0n) is 9.03. The summed E-state index contributed by atoms with van der Waals surface area (Å²) in [5.41, 5.74) is 0.902. The van der Waals surface area contributed by atoms with Crippen molar-refractivity contribution >= 4 is 11.3 Å². The van der Waals surface area contributed by atoms with Gasteiger partial charge in [0.05, 0.1) is 5.69 Å². The third kappa shape index (κ3) is 1.55. The highest BCUT2D eigenvalue weighted by Crippen LogP contribution is 2.51. The molecule has 1 heterocycles. The van der Waals surface area contributed by atoms with Crippen LogP contribution in [0, 0.1) is 6.92 Å². The van der Waals surface area contributed by atoms with Crippen LogP contribution in [0.1, 0.15) is 22.7 Å². The molecule has 3 rings (SSSR count). The van der Waals surface area contributed by atoms with E-state index >= 15 is 0 Å². The summed E-state index contributed by atoms with van der Waals surface area (Å²) in [5.74, 6) is 0. The molecule has 16 heavy (non-hydrogen) atoms. The molecule has 1 aromatic carbocycles. The van der Waals surface area contributed by atoms with Gasteiger partial charge in [-0.15, -0.1) is 11.3 Å². The first-order chi connectivity index (χ1) is 7.69. The number of rotatable bonds is 2. The second-order valence-electron chi connectivity index (χ2n) is 4.26. The molecule has 0 aliphatic heterocycles. The van der Waals surface area contributed by atoms with Gasteiger partial charge < -0.3 is 0 Å². The van der Waals surface area contributed by atoms with Crippen molar-refractivity contribution in [3.63, 3.8) is 0 Å². The first-order valence-corrected chi connectivity index (χ1v) is 6.23. The van der Waals surface area contributed by atoms with Gasteiger partial charge in [0.1, 0.15) is 5.01 Å². The molecular weight excluding hydrogens is 221 g/mol. The highest BCUT2D eigenvalue weighted by atomic mass is 32.1. The molecule has 0 atom stereocenters. The molecule has 0 amide bonds. The maximum absolute atomic E-state index is 13.9. The normalized spacial score (nSPS) is 17.4. The van der Waals surface area contributed by atoms with E-state index in [1.54, 1.807) is 0 Å². The largest absolute Gasteiger partial charge is 0.237 e. The molecule has 0 N–H and O–H groups in total. The second-order valence-corrected chi connectivity index (χ2v) is 5.46. The monoisotopic (exact) mass is 233 g/mol. The van der Waals surface area contributed by atoms with Gasteiger partial charge in [0.2, 0.25) is 0 Å². The number of benzene rings is 1. The quantitative estimate of drug-likeness (QED) is 0.761. The lowest BCUT2D eigenvalue weighted by atomic mass is 10.1. The number of thiazole rings is 1. The summed E-state index contributed by atoms with van der Waals surface area (Å²) in [7, 11) is 0. The molecule has 1 aliphatic carbocycles. The van der Waals surface area contributed by atoms with Crippen molar-refractivity contribution in [2.45, 2.75) is 25.4 Å². The Morgan fingerprint density at radius 3 is 2.56 bits per heavy atom. The van der Waals surface area contributed by atoms with Crippen molar-refractivity contribution < 1.29 is 4.39 Å². The van der Waals surface area contributed by atoms with Gasteiger partial charge in [0, 0.05) is 10.4 Å². The van der Waals surface area contributed by atoms with Crippen LogP contribution in [0.15, 0.2) is 30.3 Å². The summed E-state index contributed by atoms with van der Waals surface area (Å²) < 4.78 is 13.9. The van der Waals surface area contributed by atoms with E-state index in [1.807, 2.05) is 37.3 Å². The molecule has 0 saturated heterocycles. The van der Waals surface area contributed by atoms with Gasteiger partial charge in [-0.3, -0.25) is 0 Å². The van der Waals surface area contributed by atoms with Crippen molar-refractivity contribution in [3.05, 3.63) is 40.2 Å². The summed E-state index contributed by atoms with van der Waals surface area (Å²) in [6, 6.07) is 9.98. The Labute approximate surface area is 98.0 Å². The lowest BCUT2D eigenvalue weighted by Crippen LogP contribution is -1.95. The number of nitrogens with zero attached hydrogens (tertiary/aromatic N) is 1. The Hall–Kier alpha value is -1.22. The van der Waals surface area contributed by atoms with E-state index in [0.717, 1.165) is 16.1 Å². The summed E-state index contributed by atoms with van der Waals surface area (Å²) >= 11 is 1.49. The van der Waals surface area contributed by atoms with Gasteiger partial charge in [0.25, 0.3) is 0 Å². The van der Waals surface area contributed by atoms with Gasteiger partial charge in [-0.2, -0.15) is 0 Å². The Morgan fingerprint density at radius 1 is 1.25 bits per heavy atom. The van der Waals surface area contributed by atoms with Crippen LogP contribution in [0.4, 0.5) is 4.39 Å². The predicted molar refractivity (Wildman–Crippen MR) is 64.3 cm³/mol. The van der Waals surface area contributed by atoms with Gasteiger partial charge >= 0.3 is 0 Å². The fourth-order valence-corrected chi connectivity index (χ4v) is 2.85. The number of hydrogen-bond donors (Lipinski definition) is 0. The van der Waals surface area contributed by atoms with Crippen LogP contribution >= 0.6 is 11.3 Å². The van der Waals surface area contributed by atoms with Crippen LogP contribution < -0.4 is 0 Å². The fourth-order valence-electron chi connectivity index (χ4n) is 1.78. The number of alkyl halides is 1. The maximum Gasteiger partial charge on any atom is 0.162 e. The van der Waals surface area contributed by atoms with Crippen LogP contribution in [0.5, 0.6) is 0 Å². The first kappa shape index (κ1) is 9.97. The van der Waals surface area contributed by atoms with E-state index in [4.69, 9.17) is 0 Å². The van der Waals surface area contributed by atoms with Crippen LogP contribution in [0.2, 0.25) is 0 Å². The summed E-state index contributed by atoms with van der Waals surface area (Å²) in [4.78, 5) is 5.56. The minimum Gasteiger partial charge on any atom is -0.237 e. The molecule has 1 fully saturated rings. The third-order valence-corrected chi connectivity index (χ3v) is 4.07. The van der Waals surface area contributed by atoms with Crippen molar-refractivity contribution in [2.75, 3.05) is 0 Å². The van der Waals surface area contributed by atoms with Crippen LogP contribution in [0.3, 0.4) is 0 Å². The van der Waals surface area contributed by atoms with Crippen LogP contribution in [0.25, 0.3) is 11.3 Å². The molecule has 0 unspecified atom stereocenters. The van der Waals surface area contributed by atoms with E-state index in [2.05, 4.69) is 4.98 Å². The zero-order chi connectivity index (χ0) is 11.2. The van der Waals surface area contributed by atoms with Crippen molar-refractivity contribution in [1.29, 1.82) is 0 Å². The highest BCUT2D eigenvalue weighted by molar-refractivity contribution is 7.12. The number of hydrogen-bond acceptors (Lipinski definition) is 2. The highest BCUT2D eigenvalue weighted by Gasteiger charge is 2.48. The van der Waals surface area contributed by atoms with Crippen LogP contribution in [-0.2, 0) is 5.67 Å². The van der Waals surface area contributed by atoms with E-state index in [9.17, 15) is 4.39 Å². The molecule has 0 spiro atoms. The molecule has 82 valence electrons. The molecular formula is C13H12FNS. The van der Waals surface area contributed by atoms with Gasteiger partial charge in [0.15, 0.2) is 5.67 Å². The Bertz CT molecular complexity index is 514. The molecule has 1 saturated carbocycles. The average molecular weight is 233 g/mol. The number of aryl methyl sites for hydroxylation is 1. The van der Waals surface area contributed by atoms with Crippen molar-refractivity contribution in [1.82, 2.24) is 4.98 Å². The molecule has 0 radical (unpaired) electrons. The predicted octanol–water partition coefficient (Wildman–Crippen LogP) is 4.08. The SMILES string of the molecule is Cc1sc(C2(F)CC2)nc1-c1ccccc1. The molecule has 0 bridgehead atoms. The lowest BCUT2D eigenvalue weighted by molar-refractivity contribution is 0.316. The smallest absolute Gasteiger partial charge is 0.162 e. The van der Waals surface area contributed by atoms with E-state index < -0.39 is 5.67 Å². The van der Waals surface area contributed by atoms with Gasteiger partial charge in [-0.1, -0.05) is 30.3 Å². The molecule has 1 aliphatic rings. The minimum absolute atomic E-state index is 0.633. The minimum atomic E-state index is -1.11. The van der Waals surface area contributed by atoms with E-state index in [0.29, 0.717) is 17.8 Å². The molecule has 1 nitrogen and oxygen atoms in total. The fraction of sp³-hybridized carbons (Fsp3) is 0.308. The Kier molecular flexibility index (Phi) is 2.11. The molecule has 1 aromatic heterocycles. The van der Waals surface area contributed by atoms with E-state index in [-0.39, 0.29) is 0 Å². The topological polar surface area (TPSA) is 12.9 Å². The third-order valence-electron chi connectivity index (χ3n) is 2.92. The lowest BCUT2D eigenvalue weighted by Gasteiger charge is -1.98. The summed E-state index contributed by atoms with van der Waals surface area (Å²) in [6.45, 7) is 2.01.